The summed E-state index contributed by atoms with van der Waals surface area (Å²) in [6.07, 6.45) is 0. The van der Waals surface area contributed by atoms with E-state index in [4.69, 9.17) is 0 Å². The van der Waals surface area contributed by atoms with Gasteiger partial charge in [0.05, 0.1) is 0 Å². The van der Waals surface area contributed by atoms with Gasteiger partial charge >= 0.3 is 0 Å². The molecular formula is C7H5F3S. The molecule has 1 rings (SSSR count). The van der Waals surface area contributed by atoms with Crippen molar-refractivity contribution in [1.82, 2.24) is 0 Å². The molecule has 0 spiro atoms. The Bertz CT molecular complexity index is 270. The van der Waals surface area contributed by atoms with Gasteiger partial charge in [0.15, 0.2) is 11.6 Å². The van der Waals surface area contributed by atoms with Crippen LogP contribution in [0, 0.1) is 24.4 Å². The van der Waals surface area contributed by atoms with Gasteiger partial charge in [-0.2, -0.15) is 0 Å². The van der Waals surface area contributed by atoms with Crippen molar-refractivity contribution in [2.75, 3.05) is 0 Å². The summed E-state index contributed by atoms with van der Waals surface area (Å²) >= 11 is 3.60. The van der Waals surface area contributed by atoms with Crippen molar-refractivity contribution in [1.29, 1.82) is 0 Å². The largest absolute Gasteiger partial charge is 0.205 e. The second-order valence-electron chi connectivity index (χ2n) is 2.13. The molecular weight excluding hydrogens is 173 g/mol. The second-order valence-corrected chi connectivity index (χ2v) is 2.61. The van der Waals surface area contributed by atoms with Gasteiger partial charge in [-0.05, 0) is 13.0 Å². The molecule has 0 heterocycles. The summed E-state index contributed by atoms with van der Waals surface area (Å²) < 4.78 is 37.6. The summed E-state index contributed by atoms with van der Waals surface area (Å²) in [6, 6.07) is 0.709. The van der Waals surface area contributed by atoms with Gasteiger partial charge in [0.25, 0.3) is 0 Å². The van der Waals surface area contributed by atoms with E-state index in [2.05, 4.69) is 12.6 Å². The maximum Gasteiger partial charge on any atom is 0.164 e. The third-order valence-electron chi connectivity index (χ3n) is 1.36. The summed E-state index contributed by atoms with van der Waals surface area (Å²) in [5, 5.41) is 0. The highest BCUT2D eigenvalue weighted by atomic mass is 32.1. The molecule has 0 radical (unpaired) electrons. The lowest BCUT2D eigenvalue weighted by Gasteiger charge is -2.01. The van der Waals surface area contributed by atoms with Gasteiger partial charge in [-0.3, -0.25) is 0 Å². The Morgan fingerprint density at radius 2 is 1.73 bits per heavy atom. The fourth-order valence-corrected chi connectivity index (χ4v) is 0.995. The number of hydrogen-bond donors (Lipinski definition) is 1. The summed E-state index contributed by atoms with van der Waals surface area (Å²) in [4.78, 5) is -0.179. The van der Waals surface area contributed by atoms with Crippen LogP contribution in [0.3, 0.4) is 0 Å². The lowest BCUT2D eigenvalue weighted by atomic mass is 10.2. The van der Waals surface area contributed by atoms with E-state index in [1.54, 1.807) is 0 Å². The molecule has 0 aromatic heterocycles. The van der Waals surface area contributed by atoms with Gasteiger partial charge in [-0.1, -0.05) is 0 Å². The molecule has 60 valence electrons. The van der Waals surface area contributed by atoms with Crippen molar-refractivity contribution in [3.05, 3.63) is 29.1 Å². The molecule has 0 aliphatic rings. The molecule has 0 saturated heterocycles. The Morgan fingerprint density at radius 3 is 2.27 bits per heavy atom. The quantitative estimate of drug-likeness (QED) is 0.458. The third-order valence-corrected chi connectivity index (χ3v) is 1.68. The van der Waals surface area contributed by atoms with Crippen LogP contribution in [-0.4, -0.2) is 0 Å². The van der Waals surface area contributed by atoms with Gasteiger partial charge in [0.1, 0.15) is 5.82 Å². The minimum absolute atomic E-state index is 0.179. The van der Waals surface area contributed by atoms with Crippen LogP contribution in [0.15, 0.2) is 11.0 Å². The molecule has 0 bridgehead atoms. The van der Waals surface area contributed by atoms with E-state index < -0.39 is 17.5 Å². The van der Waals surface area contributed by atoms with Crippen LogP contribution < -0.4 is 0 Å². The first-order valence-electron chi connectivity index (χ1n) is 2.87. The van der Waals surface area contributed by atoms with E-state index in [0.717, 1.165) is 6.92 Å². The van der Waals surface area contributed by atoms with Crippen molar-refractivity contribution in [3.63, 3.8) is 0 Å². The number of rotatable bonds is 0. The molecule has 11 heavy (non-hydrogen) atoms. The van der Waals surface area contributed by atoms with Crippen LogP contribution in [0.4, 0.5) is 13.2 Å². The Balaban J connectivity index is 3.46. The Labute approximate surface area is 67.4 Å². The second kappa shape index (κ2) is 2.77. The van der Waals surface area contributed by atoms with E-state index in [0.29, 0.717) is 6.07 Å². The van der Waals surface area contributed by atoms with Crippen LogP contribution in [0.2, 0.25) is 0 Å². The van der Waals surface area contributed by atoms with Crippen molar-refractivity contribution in [2.45, 2.75) is 11.8 Å². The minimum Gasteiger partial charge on any atom is -0.205 e. The summed E-state index contributed by atoms with van der Waals surface area (Å²) in [5.74, 6) is -3.04. The maximum absolute atomic E-state index is 12.7. The van der Waals surface area contributed by atoms with Crippen molar-refractivity contribution in [3.8, 4) is 0 Å². The Hall–Kier alpha value is -0.640. The van der Waals surface area contributed by atoms with Crippen molar-refractivity contribution in [2.24, 2.45) is 0 Å². The van der Waals surface area contributed by atoms with Gasteiger partial charge < -0.3 is 0 Å². The van der Waals surface area contributed by atoms with Gasteiger partial charge in [-0.15, -0.1) is 12.6 Å². The molecule has 0 atom stereocenters. The van der Waals surface area contributed by atoms with Crippen LogP contribution in [0.5, 0.6) is 0 Å². The molecule has 0 saturated carbocycles. The average molecular weight is 178 g/mol. The van der Waals surface area contributed by atoms with E-state index in [1.165, 1.54) is 0 Å². The lowest BCUT2D eigenvalue weighted by molar-refractivity contribution is 0.476. The number of hydrogen-bond acceptors (Lipinski definition) is 1. The molecule has 1 aromatic rings. The van der Waals surface area contributed by atoms with Crippen LogP contribution in [-0.2, 0) is 0 Å². The zero-order chi connectivity index (χ0) is 8.59. The first-order valence-corrected chi connectivity index (χ1v) is 3.32. The molecule has 0 amide bonds. The highest BCUT2D eigenvalue weighted by Gasteiger charge is 2.12. The standard InChI is InChI=1S/C7H5F3S/c1-3-6(9)4(8)2-5(11)7(3)10/h2,11H,1H3. The van der Waals surface area contributed by atoms with Crippen LogP contribution in [0.25, 0.3) is 0 Å². The Kier molecular flexibility index (Phi) is 2.13. The SMILES string of the molecule is Cc1c(F)c(F)cc(S)c1F. The number of thiol groups is 1. The molecule has 0 fully saturated rings. The fourth-order valence-electron chi connectivity index (χ4n) is 0.714. The zero-order valence-corrected chi connectivity index (χ0v) is 6.55. The predicted molar refractivity (Wildman–Crippen MR) is 38.3 cm³/mol. The van der Waals surface area contributed by atoms with E-state index in [-0.39, 0.29) is 10.5 Å². The molecule has 0 aliphatic carbocycles. The highest BCUT2D eigenvalue weighted by molar-refractivity contribution is 7.80. The summed E-state index contributed by atoms with van der Waals surface area (Å²) in [7, 11) is 0. The monoisotopic (exact) mass is 178 g/mol. The van der Waals surface area contributed by atoms with Gasteiger partial charge in [0.2, 0.25) is 0 Å². The van der Waals surface area contributed by atoms with E-state index >= 15 is 0 Å². The van der Waals surface area contributed by atoms with Crippen molar-refractivity contribution < 1.29 is 13.2 Å². The fraction of sp³-hybridized carbons (Fsp3) is 0.143. The molecule has 0 nitrogen and oxygen atoms in total. The smallest absolute Gasteiger partial charge is 0.164 e. The molecule has 1 aromatic carbocycles. The number of benzene rings is 1. The van der Waals surface area contributed by atoms with E-state index in [9.17, 15) is 13.2 Å². The highest BCUT2D eigenvalue weighted by Crippen LogP contribution is 2.21. The molecule has 4 heteroatoms. The normalized spacial score (nSPS) is 10.3. The average Bonchev–Trinajstić information content (AvgIpc) is 1.97. The minimum atomic E-state index is -1.15. The predicted octanol–water partition coefficient (Wildman–Crippen LogP) is 2.70. The van der Waals surface area contributed by atoms with E-state index in [1.807, 2.05) is 0 Å². The molecule has 0 unspecified atom stereocenters. The maximum atomic E-state index is 12.7. The first kappa shape index (κ1) is 8.46. The molecule has 0 aliphatic heterocycles. The molecule has 0 N–H and O–H groups in total. The van der Waals surface area contributed by atoms with Gasteiger partial charge in [-0.25, -0.2) is 13.2 Å². The first-order chi connectivity index (χ1) is 5.04. The topological polar surface area (TPSA) is 0 Å². The number of halogens is 3. The third kappa shape index (κ3) is 1.35. The lowest BCUT2D eigenvalue weighted by Crippen LogP contribution is -1.94. The summed E-state index contributed by atoms with van der Waals surface area (Å²) in [6.45, 7) is 1.16. The van der Waals surface area contributed by atoms with Gasteiger partial charge in [0, 0.05) is 10.5 Å². The Morgan fingerprint density at radius 1 is 1.18 bits per heavy atom. The zero-order valence-electron chi connectivity index (χ0n) is 5.66. The summed E-state index contributed by atoms with van der Waals surface area (Å²) in [5.41, 5.74) is -0.338. The van der Waals surface area contributed by atoms with Crippen molar-refractivity contribution >= 4 is 12.6 Å². The van der Waals surface area contributed by atoms with Crippen LogP contribution >= 0.6 is 12.6 Å². The van der Waals surface area contributed by atoms with Crippen LogP contribution in [0.1, 0.15) is 5.56 Å².